The summed E-state index contributed by atoms with van der Waals surface area (Å²) in [6, 6.07) is 16.4. The minimum atomic E-state index is 0.662. The molecule has 0 atom stereocenters. The summed E-state index contributed by atoms with van der Waals surface area (Å²) in [6.07, 6.45) is 1.86. The van der Waals surface area contributed by atoms with Crippen LogP contribution in [0.2, 0.25) is 0 Å². The zero-order valence-corrected chi connectivity index (χ0v) is 15.3. The molecular weight excluding hydrogens is 330 g/mol. The van der Waals surface area contributed by atoms with Crippen LogP contribution in [0.3, 0.4) is 0 Å². The van der Waals surface area contributed by atoms with Gasteiger partial charge in [0, 0.05) is 17.9 Å². The summed E-state index contributed by atoms with van der Waals surface area (Å²) >= 11 is 1.68. The van der Waals surface area contributed by atoms with E-state index in [0.29, 0.717) is 6.54 Å². The van der Waals surface area contributed by atoms with Gasteiger partial charge in [-0.25, -0.2) is 0 Å². The van der Waals surface area contributed by atoms with Crippen LogP contribution in [-0.4, -0.2) is 21.9 Å². The first kappa shape index (κ1) is 17.3. The second-order valence-electron chi connectivity index (χ2n) is 5.72. The van der Waals surface area contributed by atoms with Crippen LogP contribution in [0.15, 0.2) is 66.3 Å². The van der Waals surface area contributed by atoms with Crippen molar-refractivity contribution in [2.24, 2.45) is 0 Å². The van der Waals surface area contributed by atoms with Crippen molar-refractivity contribution in [3.05, 3.63) is 72.3 Å². The average Bonchev–Trinajstić information content (AvgIpc) is 3.03. The maximum atomic E-state index is 5.32. The molecule has 0 saturated heterocycles. The first-order chi connectivity index (χ1) is 12.2. The van der Waals surface area contributed by atoms with Crippen molar-refractivity contribution in [1.29, 1.82) is 0 Å². The molecule has 0 N–H and O–H groups in total. The lowest BCUT2D eigenvalue weighted by molar-refractivity contribution is 0.415. The summed E-state index contributed by atoms with van der Waals surface area (Å²) in [5, 5.41) is 9.68. The summed E-state index contributed by atoms with van der Waals surface area (Å²) in [5.74, 6) is 2.49. The van der Waals surface area contributed by atoms with Gasteiger partial charge >= 0.3 is 0 Å². The Balaban J connectivity index is 1.87. The van der Waals surface area contributed by atoms with Crippen LogP contribution in [-0.2, 0) is 12.3 Å². The Morgan fingerprint density at radius 2 is 2.00 bits per heavy atom. The molecule has 3 aromatic rings. The van der Waals surface area contributed by atoms with Crippen molar-refractivity contribution in [2.45, 2.75) is 24.4 Å². The van der Waals surface area contributed by atoms with E-state index in [1.54, 1.807) is 18.9 Å². The summed E-state index contributed by atoms with van der Waals surface area (Å²) in [5.41, 5.74) is 3.53. The number of hydrogen-bond donors (Lipinski definition) is 0. The Kier molecular flexibility index (Phi) is 5.56. The average molecular weight is 351 g/mol. The normalized spacial score (nSPS) is 10.6. The highest BCUT2D eigenvalue weighted by molar-refractivity contribution is 7.98. The maximum absolute atomic E-state index is 5.32. The van der Waals surface area contributed by atoms with Gasteiger partial charge in [0.15, 0.2) is 11.0 Å². The van der Waals surface area contributed by atoms with Crippen LogP contribution in [0.5, 0.6) is 5.75 Å². The lowest BCUT2D eigenvalue weighted by Gasteiger charge is -2.09. The second-order valence-corrected chi connectivity index (χ2v) is 6.66. The zero-order chi connectivity index (χ0) is 17.6. The quantitative estimate of drug-likeness (QED) is 0.455. The molecule has 0 fully saturated rings. The third kappa shape index (κ3) is 4.12. The Morgan fingerprint density at radius 3 is 2.76 bits per heavy atom. The summed E-state index contributed by atoms with van der Waals surface area (Å²) < 4.78 is 7.40. The van der Waals surface area contributed by atoms with Crippen molar-refractivity contribution in [1.82, 2.24) is 14.8 Å². The third-order valence-corrected chi connectivity index (χ3v) is 4.84. The van der Waals surface area contributed by atoms with E-state index in [2.05, 4.69) is 52.5 Å². The van der Waals surface area contributed by atoms with Gasteiger partial charge in [0.25, 0.3) is 0 Å². The van der Waals surface area contributed by atoms with Crippen LogP contribution in [0.4, 0.5) is 0 Å². The lowest BCUT2D eigenvalue weighted by atomic mass is 10.2. The molecule has 0 saturated carbocycles. The predicted octanol–water partition coefficient (Wildman–Crippen LogP) is 4.74. The van der Waals surface area contributed by atoms with E-state index in [1.165, 1.54) is 11.1 Å². The molecule has 2 aromatic carbocycles. The van der Waals surface area contributed by atoms with Gasteiger partial charge in [-0.05, 0) is 24.6 Å². The standard InChI is InChI=1S/C20H21N3OS/c1-4-11-23-19(17-9-6-10-18(13-17)24-3)21-22-20(23)25-14-16-8-5-7-15(2)12-16/h4-10,12-13H,1,11,14H2,2-3H3. The molecule has 0 aliphatic heterocycles. The highest BCUT2D eigenvalue weighted by Crippen LogP contribution is 2.28. The van der Waals surface area contributed by atoms with E-state index in [4.69, 9.17) is 4.74 Å². The summed E-state index contributed by atoms with van der Waals surface area (Å²) in [6.45, 7) is 6.63. The third-order valence-electron chi connectivity index (χ3n) is 3.81. The Hall–Kier alpha value is -2.53. The first-order valence-corrected chi connectivity index (χ1v) is 9.06. The molecule has 0 bridgehead atoms. The van der Waals surface area contributed by atoms with E-state index in [9.17, 15) is 0 Å². The molecular formula is C20H21N3OS. The number of aromatic nitrogens is 3. The molecule has 1 aromatic heterocycles. The number of aryl methyl sites for hydroxylation is 1. The number of methoxy groups -OCH3 is 1. The minimum absolute atomic E-state index is 0.662. The molecule has 4 nitrogen and oxygen atoms in total. The molecule has 0 unspecified atom stereocenters. The molecule has 0 aliphatic carbocycles. The van der Waals surface area contributed by atoms with Gasteiger partial charge < -0.3 is 4.74 Å². The van der Waals surface area contributed by atoms with Crippen molar-refractivity contribution in [3.63, 3.8) is 0 Å². The second kappa shape index (κ2) is 8.03. The molecule has 5 heteroatoms. The van der Waals surface area contributed by atoms with E-state index in [0.717, 1.165) is 28.0 Å². The fourth-order valence-corrected chi connectivity index (χ4v) is 3.51. The van der Waals surface area contributed by atoms with Crippen molar-refractivity contribution < 1.29 is 4.74 Å². The Labute approximate surface area is 152 Å². The highest BCUT2D eigenvalue weighted by atomic mass is 32.2. The van der Waals surface area contributed by atoms with E-state index >= 15 is 0 Å². The highest BCUT2D eigenvalue weighted by Gasteiger charge is 2.14. The topological polar surface area (TPSA) is 39.9 Å². The summed E-state index contributed by atoms with van der Waals surface area (Å²) in [7, 11) is 1.66. The number of hydrogen-bond acceptors (Lipinski definition) is 4. The predicted molar refractivity (Wildman–Crippen MR) is 103 cm³/mol. The smallest absolute Gasteiger partial charge is 0.192 e. The zero-order valence-electron chi connectivity index (χ0n) is 14.5. The molecule has 128 valence electrons. The van der Waals surface area contributed by atoms with Crippen LogP contribution in [0.1, 0.15) is 11.1 Å². The SMILES string of the molecule is C=CCn1c(SCc2cccc(C)c2)nnc1-c1cccc(OC)c1. The molecule has 0 spiro atoms. The summed E-state index contributed by atoms with van der Waals surface area (Å²) in [4.78, 5) is 0. The van der Waals surface area contributed by atoms with E-state index in [1.807, 2.05) is 30.3 Å². The van der Waals surface area contributed by atoms with Crippen LogP contribution in [0.25, 0.3) is 11.4 Å². The number of ether oxygens (including phenoxy) is 1. The van der Waals surface area contributed by atoms with Gasteiger partial charge in [-0.1, -0.05) is 59.8 Å². The fourth-order valence-electron chi connectivity index (χ4n) is 2.61. The van der Waals surface area contributed by atoms with Gasteiger partial charge in [-0.15, -0.1) is 16.8 Å². The van der Waals surface area contributed by atoms with Gasteiger partial charge in [-0.3, -0.25) is 4.57 Å². The monoisotopic (exact) mass is 351 g/mol. The van der Waals surface area contributed by atoms with Crippen molar-refractivity contribution in [3.8, 4) is 17.1 Å². The van der Waals surface area contributed by atoms with Crippen molar-refractivity contribution in [2.75, 3.05) is 7.11 Å². The molecule has 0 aliphatic rings. The fraction of sp³-hybridized carbons (Fsp3) is 0.200. The van der Waals surface area contributed by atoms with E-state index < -0.39 is 0 Å². The molecule has 25 heavy (non-hydrogen) atoms. The van der Waals surface area contributed by atoms with Gasteiger partial charge in [0.2, 0.25) is 0 Å². The van der Waals surface area contributed by atoms with Gasteiger partial charge in [-0.2, -0.15) is 0 Å². The van der Waals surface area contributed by atoms with Crippen LogP contribution < -0.4 is 4.74 Å². The number of benzene rings is 2. The van der Waals surface area contributed by atoms with Crippen LogP contribution >= 0.6 is 11.8 Å². The molecule has 1 heterocycles. The van der Waals surface area contributed by atoms with Gasteiger partial charge in [0.05, 0.1) is 7.11 Å². The maximum Gasteiger partial charge on any atom is 0.192 e. The lowest BCUT2D eigenvalue weighted by Crippen LogP contribution is -2.01. The number of rotatable bonds is 7. The molecule has 3 rings (SSSR count). The minimum Gasteiger partial charge on any atom is -0.497 e. The van der Waals surface area contributed by atoms with Gasteiger partial charge in [0.1, 0.15) is 5.75 Å². The number of thioether (sulfide) groups is 1. The van der Waals surface area contributed by atoms with E-state index in [-0.39, 0.29) is 0 Å². The largest absolute Gasteiger partial charge is 0.497 e. The van der Waals surface area contributed by atoms with Crippen molar-refractivity contribution >= 4 is 11.8 Å². The van der Waals surface area contributed by atoms with Crippen LogP contribution in [0, 0.1) is 6.92 Å². The number of allylic oxidation sites excluding steroid dienone is 1. The molecule has 0 amide bonds. The number of nitrogens with zero attached hydrogens (tertiary/aromatic N) is 3. The first-order valence-electron chi connectivity index (χ1n) is 8.08. The Morgan fingerprint density at radius 1 is 1.16 bits per heavy atom. The molecule has 0 radical (unpaired) electrons. The Bertz CT molecular complexity index is 873.